The van der Waals surface area contributed by atoms with Gasteiger partial charge in [0.1, 0.15) is 4.90 Å². The molecule has 0 spiro atoms. The number of para-hydroxylation sites is 1. The van der Waals surface area contributed by atoms with E-state index in [4.69, 9.17) is 5.84 Å². The zero-order valence-corrected chi connectivity index (χ0v) is 11.0. The Balaban J connectivity index is 2.00. The molecule has 0 unspecified atom stereocenters. The summed E-state index contributed by atoms with van der Waals surface area (Å²) in [6.45, 7) is 0.492. The number of benzene rings is 1. The lowest BCUT2D eigenvalue weighted by atomic mass is 9.83. The number of nitrogen functional groups attached to an aromatic ring is 1. The van der Waals surface area contributed by atoms with E-state index in [1.54, 1.807) is 24.3 Å². The van der Waals surface area contributed by atoms with Crippen LogP contribution in [0.3, 0.4) is 0 Å². The summed E-state index contributed by atoms with van der Waals surface area (Å²) in [4.78, 5) is 0.195. The number of anilines is 1. The molecule has 0 radical (unpaired) electrons. The van der Waals surface area contributed by atoms with E-state index in [2.05, 4.69) is 10.1 Å². The van der Waals surface area contributed by atoms with Gasteiger partial charge < -0.3 is 5.43 Å². The smallest absolute Gasteiger partial charge is 0.242 e. The second kappa shape index (κ2) is 5.69. The zero-order chi connectivity index (χ0) is 13.0. The molecule has 0 bridgehead atoms. The highest BCUT2D eigenvalue weighted by molar-refractivity contribution is 7.89. The number of nitrogens with one attached hydrogen (secondary N) is 2. The van der Waals surface area contributed by atoms with Gasteiger partial charge in [0.25, 0.3) is 0 Å². The standard InChI is InChI=1S/C12H19N3O2S/c13-15-11-6-1-2-7-12(11)18(16,17)14-9-8-10-4-3-5-10/h1-2,6-7,10,14-15H,3-5,8-9,13H2. The first-order valence-corrected chi connectivity index (χ1v) is 7.67. The molecule has 5 nitrogen and oxygen atoms in total. The minimum absolute atomic E-state index is 0.195. The number of nitrogens with two attached hydrogens (primary N) is 1. The molecule has 100 valence electrons. The first kappa shape index (κ1) is 13.3. The van der Waals surface area contributed by atoms with Gasteiger partial charge in [-0.25, -0.2) is 13.1 Å². The SMILES string of the molecule is NNc1ccccc1S(=O)(=O)NCCC1CCC1. The second-order valence-corrected chi connectivity index (χ2v) is 6.36. The van der Waals surface area contributed by atoms with Crippen LogP contribution in [0.4, 0.5) is 5.69 Å². The van der Waals surface area contributed by atoms with Gasteiger partial charge in [-0.3, -0.25) is 5.84 Å². The van der Waals surface area contributed by atoms with E-state index in [1.807, 2.05) is 0 Å². The van der Waals surface area contributed by atoms with Gasteiger partial charge in [0.05, 0.1) is 5.69 Å². The van der Waals surface area contributed by atoms with Gasteiger partial charge in [0, 0.05) is 6.54 Å². The van der Waals surface area contributed by atoms with Crippen molar-refractivity contribution in [3.63, 3.8) is 0 Å². The lowest BCUT2D eigenvalue weighted by molar-refractivity contribution is 0.297. The van der Waals surface area contributed by atoms with Crippen LogP contribution >= 0.6 is 0 Å². The van der Waals surface area contributed by atoms with Crippen molar-refractivity contribution in [2.45, 2.75) is 30.6 Å². The van der Waals surface area contributed by atoms with Crippen molar-refractivity contribution in [3.05, 3.63) is 24.3 Å². The summed E-state index contributed by atoms with van der Waals surface area (Å²) in [7, 11) is -3.48. The monoisotopic (exact) mass is 269 g/mol. The molecule has 2 rings (SSSR count). The topological polar surface area (TPSA) is 84.2 Å². The third kappa shape index (κ3) is 3.01. The Bertz CT molecular complexity index is 498. The Hall–Kier alpha value is -1.11. The number of hydrogen-bond acceptors (Lipinski definition) is 4. The van der Waals surface area contributed by atoms with Crippen LogP contribution in [0.1, 0.15) is 25.7 Å². The molecule has 1 aromatic carbocycles. The third-order valence-corrected chi connectivity index (χ3v) is 4.92. The van der Waals surface area contributed by atoms with Gasteiger partial charge in [-0.05, 0) is 24.5 Å². The Morgan fingerprint density at radius 1 is 1.28 bits per heavy atom. The molecule has 1 saturated carbocycles. The van der Waals surface area contributed by atoms with Gasteiger partial charge in [0.2, 0.25) is 10.0 Å². The Morgan fingerprint density at radius 3 is 2.61 bits per heavy atom. The van der Waals surface area contributed by atoms with Crippen molar-refractivity contribution in [1.82, 2.24) is 4.72 Å². The molecule has 6 heteroatoms. The summed E-state index contributed by atoms with van der Waals surface area (Å²) in [6, 6.07) is 6.60. The molecule has 1 aliphatic rings. The van der Waals surface area contributed by atoms with E-state index >= 15 is 0 Å². The van der Waals surface area contributed by atoms with E-state index in [0.717, 1.165) is 6.42 Å². The molecule has 0 saturated heterocycles. The molecule has 18 heavy (non-hydrogen) atoms. The van der Waals surface area contributed by atoms with Crippen LogP contribution in [0.5, 0.6) is 0 Å². The van der Waals surface area contributed by atoms with E-state index in [9.17, 15) is 8.42 Å². The van der Waals surface area contributed by atoms with Gasteiger partial charge in [-0.2, -0.15) is 0 Å². The van der Waals surface area contributed by atoms with Crippen LogP contribution in [0.15, 0.2) is 29.2 Å². The molecule has 0 heterocycles. The van der Waals surface area contributed by atoms with Crippen LogP contribution in [0.2, 0.25) is 0 Å². The molecule has 1 fully saturated rings. The highest BCUT2D eigenvalue weighted by Gasteiger charge is 2.20. The first-order chi connectivity index (χ1) is 8.63. The van der Waals surface area contributed by atoms with Gasteiger partial charge in [0.15, 0.2) is 0 Å². The largest absolute Gasteiger partial charge is 0.323 e. The van der Waals surface area contributed by atoms with Crippen LogP contribution in [0.25, 0.3) is 0 Å². The summed E-state index contributed by atoms with van der Waals surface area (Å²) in [6.07, 6.45) is 4.64. The van der Waals surface area contributed by atoms with E-state index in [0.29, 0.717) is 18.2 Å². The van der Waals surface area contributed by atoms with E-state index < -0.39 is 10.0 Å². The summed E-state index contributed by atoms with van der Waals surface area (Å²) in [5.41, 5.74) is 2.81. The summed E-state index contributed by atoms with van der Waals surface area (Å²) in [5.74, 6) is 6.00. The fraction of sp³-hybridized carbons (Fsp3) is 0.500. The molecule has 0 atom stereocenters. The second-order valence-electron chi connectivity index (χ2n) is 4.62. The quantitative estimate of drug-likeness (QED) is 0.539. The predicted octanol–water partition coefficient (Wildman–Crippen LogP) is 1.44. The Morgan fingerprint density at radius 2 is 2.00 bits per heavy atom. The molecular formula is C12H19N3O2S. The minimum Gasteiger partial charge on any atom is -0.323 e. The van der Waals surface area contributed by atoms with Crippen LogP contribution in [-0.4, -0.2) is 15.0 Å². The van der Waals surface area contributed by atoms with Crippen molar-refractivity contribution < 1.29 is 8.42 Å². The fourth-order valence-electron chi connectivity index (χ4n) is 2.08. The Labute approximate surface area is 108 Å². The highest BCUT2D eigenvalue weighted by atomic mass is 32.2. The predicted molar refractivity (Wildman–Crippen MR) is 71.4 cm³/mol. The van der Waals surface area contributed by atoms with Gasteiger partial charge in [-0.15, -0.1) is 0 Å². The maximum absolute atomic E-state index is 12.1. The van der Waals surface area contributed by atoms with Crippen molar-refractivity contribution in [2.24, 2.45) is 11.8 Å². The number of rotatable bonds is 6. The molecule has 0 aromatic heterocycles. The molecule has 4 N–H and O–H groups in total. The maximum atomic E-state index is 12.1. The molecular weight excluding hydrogens is 250 g/mol. The number of sulfonamides is 1. The normalized spacial score (nSPS) is 16.3. The van der Waals surface area contributed by atoms with Crippen molar-refractivity contribution >= 4 is 15.7 Å². The highest BCUT2D eigenvalue weighted by Crippen LogP contribution is 2.29. The van der Waals surface area contributed by atoms with Crippen molar-refractivity contribution in [2.75, 3.05) is 12.0 Å². The van der Waals surface area contributed by atoms with Crippen molar-refractivity contribution in [3.8, 4) is 0 Å². The summed E-state index contributed by atoms with van der Waals surface area (Å²) in [5, 5.41) is 0. The van der Waals surface area contributed by atoms with E-state index in [-0.39, 0.29) is 4.90 Å². The average molecular weight is 269 g/mol. The average Bonchev–Trinajstić information content (AvgIpc) is 2.32. The molecule has 0 amide bonds. The number of hydrogen-bond donors (Lipinski definition) is 3. The summed E-state index contributed by atoms with van der Waals surface area (Å²) < 4.78 is 26.8. The first-order valence-electron chi connectivity index (χ1n) is 6.19. The van der Waals surface area contributed by atoms with Gasteiger partial charge >= 0.3 is 0 Å². The van der Waals surface area contributed by atoms with Crippen LogP contribution in [0, 0.1) is 5.92 Å². The lowest BCUT2D eigenvalue weighted by Crippen LogP contribution is -2.28. The van der Waals surface area contributed by atoms with E-state index in [1.165, 1.54) is 19.3 Å². The van der Waals surface area contributed by atoms with Crippen molar-refractivity contribution in [1.29, 1.82) is 0 Å². The van der Waals surface area contributed by atoms with Gasteiger partial charge in [-0.1, -0.05) is 31.4 Å². The number of hydrazine groups is 1. The van der Waals surface area contributed by atoms with Crippen LogP contribution < -0.4 is 16.0 Å². The fourth-order valence-corrected chi connectivity index (χ4v) is 3.29. The third-order valence-electron chi connectivity index (χ3n) is 3.40. The zero-order valence-electron chi connectivity index (χ0n) is 10.2. The minimum atomic E-state index is -3.48. The molecule has 0 aliphatic heterocycles. The Kier molecular flexibility index (Phi) is 4.21. The molecule has 1 aromatic rings. The van der Waals surface area contributed by atoms with Crippen LogP contribution in [-0.2, 0) is 10.0 Å². The lowest BCUT2D eigenvalue weighted by Gasteiger charge is -2.25. The summed E-state index contributed by atoms with van der Waals surface area (Å²) >= 11 is 0. The molecule has 1 aliphatic carbocycles. The maximum Gasteiger partial charge on any atom is 0.242 e.